The zero-order chi connectivity index (χ0) is 50.1. The molecule has 2 rings (SSSR count). The van der Waals surface area contributed by atoms with E-state index in [2.05, 4.69) is 6.92 Å². The zero-order valence-corrected chi connectivity index (χ0v) is 45.9. The summed E-state index contributed by atoms with van der Waals surface area (Å²) in [5.41, 5.74) is 1.57. The smallest absolute Gasteiger partial charge is 0.128 e. The molecule has 0 fully saturated rings. The van der Waals surface area contributed by atoms with Gasteiger partial charge in [-0.25, -0.2) is 0 Å². The Morgan fingerprint density at radius 2 is 0.686 bits per heavy atom. The molecule has 2 aromatic rings. The minimum absolute atomic E-state index is 0.0274. The highest BCUT2D eigenvalue weighted by molar-refractivity contribution is 5.41. The van der Waals surface area contributed by atoms with Crippen molar-refractivity contribution < 1.29 is 38.6 Å². The third kappa shape index (κ3) is 36.4. The summed E-state index contributed by atoms with van der Waals surface area (Å²) in [6.07, 6.45) is 52.0. The molecular formula is C62H110O8. The van der Waals surface area contributed by atoms with E-state index in [1.54, 1.807) is 14.2 Å². The Hall–Kier alpha value is -2.52. The SMILES string of the molecule is CCCCCCCCCCCCCCCCCCCCC(COCCCCCCCCCCCCOc1ccc(CO)c(OC)c1)OCCCCCCCCCCCCOc1ccc(CO)c(OC)c1. The normalized spacial score (nSPS) is 11.9. The average molecular weight is 984 g/mol. The number of hydrogen-bond donors (Lipinski definition) is 2. The maximum absolute atomic E-state index is 9.42. The molecule has 0 heterocycles. The molecular weight excluding hydrogens is 873 g/mol. The Bertz CT molecular complexity index is 1400. The van der Waals surface area contributed by atoms with E-state index < -0.39 is 0 Å². The molecule has 2 aromatic carbocycles. The van der Waals surface area contributed by atoms with Gasteiger partial charge in [0.25, 0.3) is 0 Å². The summed E-state index contributed by atoms with van der Waals surface area (Å²) in [7, 11) is 3.25. The first-order chi connectivity index (χ1) is 34.6. The lowest BCUT2D eigenvalue weighted by atomic mass is 10.0. The second-order valence-electron chi connectivity index (χ2n) is 20.4. The van der Waals surface area contributed by atoms with Crippen LogP contribution in [0.25, 0.3) is 0 Å². The fourth-order valence-corrected chi connectivity index (χ4v) is 9.56. The molecule has 0 saturated heterocycles. The topological polar surface area (TPSA) is 95.8 Å². The van der Waals surface area contributed by atoms with Crippen LogP contribution in [0.5, 0.6) is 23.0 Å². The highest BCUT2D eigenvalue weighted by Gasteiger charge is 2.11. The van der Waals surface area contributed by atoms with E-state index in [0.717, 1.165) is 87.8 Å². The predicted octanol–water partition coefficient (Wildman–Crippen LogP) is 17.8. The largest absolute Gasteiger partial charge is 0.496 e. The molecule has 8 nitrogen and oxygen atoms in total. The van der Waals surface area contributed by atoms with Gasteiger partial charge in [-0.3, -0.25) is 0 Å². The van der Waals surface area contributed by atoms with Crippen molar-refractivity contribution >= 4 is 0 Å². The third-order valence-electron chi connectivity index (χ3n) is 14.2. The molecule has 406 valence electrons. The molecule has 0 saturated carbocycles. The van der Waals surface area contributed by atoms with Gasteiger partial charge in [0.2, 0.25) is 0 Å². The molecule has 8 heteroatoms. The molecule has 0 radical (unpaired) electrons. The van der Waals surface area contributed by atoms with Gasteiger partial charge < -0.3 is 38.6 Å². The summed E-state index contributed by atoms with van der Waals surface area (Å²) in [6, 6.07) is 11.3. The molecule has 0 spiro atoms. The Morgan fingerprint density at radius 3 is 1.03 bits per heavy atom. The van der Waals surface area contributed by atoms with Crippen LogP contribution in [0.15, 0.2) is 36.4 Å². The second-order valence-corrected chi connectivity index (χ2v) is 20.4. The van der Waals surface area contributed by atoms with Crippen molar-refractivity contribution in [3.8, 4) is 23.0 Å². The fourth-order valence-electron chi connectivity index (χ4n) is 9.56. The van der Waals surface area contributed by atoms with Gasteiger partial charge in [0, 0.05) is 36.5 Å². The summed E-state index contributed by atoms with van der Waals surface area (Å²) in [5, 5.41) is 18.8. The highest BCUT2D eigenvalue weighted by atomic mass is 16.5. The molecule has 0 bridgehead atoms. The lowest BCUT2D eigenvalue weighted by Gasteiger charge is -2.18. The van der Waals surface area contributed by atoms with Gasteiger partial charge in [0.15, 0.2) is 0 Å². The van der Waals surface area contributed by atoms with Gasteiger partial charge in [-0.15, -0.1) is 0 Å². The van der Waals surface area contributed by atoms with Crippen LogP contribution in [-0.2, 0) is 22.7 Å². The van der Waals surface area contributed by atoms with Crippen molar-refractivity contribution in [2.45, 2.75) is 277 Å². The third-order valence-corrected chi connectivity index (χ3v) is 14.2. The highest BCUT2D eigenvalue weighted by Crippen LogP contribution is 2.27. The minimum Gasteiger partial charge on any atom is -0.496 e. The zero-order valence-electron chi connectivity index (χ0n) is 45.9. The van der Waals surface area contributed by atoms with Gasteiger partial charge in [-0.2, -0.15) is 0 Å². The molecule has 1 atom stereocenters. The quantitative estimate of drug-likeness (QED) is 0.0633. The van der Waals surface area contributed by atoms with Crippen LogP contribution in [0.4, 0.5) is 0 Å². The summed E-state index contributed by atoms with van der Waals surface area (Å²) in [5.74, 6) is 2.97. The van der Waals surface area contributed by atoms with Gasteiger partial charge in [0.1, 0.15) is 23.0 Å². The molecule has 1 unspecified atom stereocenters. The van der Waals surface area contributed by atoms with E-state index in [0.29, 0.717) is 11.5 Å². The maximum Gasteiger partial charge on any atom is 0.128 e. The number of methoxy groups -OCH3 is 2. The first-order valence-corrected chi connectivity index (χ1v) is 29.7. The molecule has 0 aliphatic rings. The number of aliphatic hydroxyl groups excluding tert-OH is 2. The number of ether oxygens (including phenoxy) is 6. The van der Waals surface area contributed by atoms with Crippen LogP contribution in [0.3, 0.4) is 0 Å². The van der Waals surface area contributed by atoms with Crippen LogP contribution in [0.1, 0.15) is 268 Å². The number of hydrogen-bond acceptors (Lipinski definition) is 8. The lowest BCUT2D eigenvalue weighted by molar-refractivity contribution is -0.0235. The van der Waals surface area contributed by atoms with Crippen molar-refractivity contribution in [2.24, 2.45) is 0 Å². The summed E-state index contributed by atoms with van der Waals surface area (Å²) < 4.78 is 35.3. The van der Waals surface area contributed by atoms with E-state index in [-0.39, 0.29) is 19.3 Å². The van der Waals surface area contributed by atoms with Gasteiger partial charge in [0.05, 0.1) is 53.4 Å². The lowest BCUT2D eigenvalue weighted by Crippen LogP contribution is -2.21. The van der Waals surface area contributed by atoms with Gasteiger partial charge >= 0.3 is 0 Å². The molecule has 0 aliphatic carbocycles. The van der Waals surface area contributed by atoms with E-state index in [4.69, 9.17) is 28.4 Å². The van der Waals surface area contributed by atoms with E-state index >= 15 is 0 Å². The monoisotopic (exact) mass is 983 g/mol. The van der Waals surface area contributed by atoms with Crippen LogP contribution >= 0.6 is 0 Å². The average Bonchev–Trinajstić information content (AvgIpc) is 3.38. The van der Waals surface area contributed by atoms with Gasteiger partial charge in [-0.1, -0.05) is 225 Å². The van der Waals surface area contributed by atoms with Crippen LogP contribution in [-0.4, -0.2) is 63.6 Å². The van der Waals surface area contributed by atoms with Crippen molar-refractivity contribution in [1.82, 2.24) is 0 Å². The molecule has 0 aromatic heterocycles. The number of benzene rings is 2. The first-order valence-electron chi connectivity index (χ1n) is 29.7. The Balaban J connectivity index is 1.49. The Labute approximate surface area is 431 Å². The summed E-state index contributed by atoms with van der Waals surface area (Å²) in [4.78, 5) is 0. The number of unbranched alkanes of at least 4 members (excludes halogenated alkanes) is 35. The molecule has 70 heavy (non-hydrogen) atoms. The Kier molecular flexibility index (Phi) is 44.3. The first kappa shape index (κ1) is 63.6. The maximum atomic E-state index is 9.42. The molecule has 2 N–H and O–H groups in total. The number of aliphatic hydroxyl groups is 2. The van der Waals surface area contributed by atoms with Crippen LogP contribution in [0, 0.1) is 0 Å². The standard InChI is InChI=1S/C62H110O8/c1-4-5-6-7-8-9-10-11-12-13-14-15-16-17-22-27-32-37-42-60(70-50-41-36-31-26-21-20-25-30-35-40-49-69-59-46-44-57(54-64)62(52-59)66-3)55-67-47-38-33-28-23-18-19-24-29-34-39-48-68-58-45-43-56(53-63)61(51-58)65-2/h43-46,51-52,60,63-64H,4-42,47-50,53-55H2,1-3H3. The van der Waals surface area contributed by atoms with E-state index in [9.17, 15) is 10.2 Å². The summed E-state index contributed by atoms with van der Waals surface area (Å²) >= 11 is 0. The number of rotatable bonds is 54. The van der Waals surface area contributed by atoms with Crippen molar-refractivity contribution in [2.75, 3.05) is 47.3 Å². The fraction of sp³-hybridized carbons (Fsp3) is 0.806. The van der Waals surface area contributed by atoms with Crippen molar-refractivity contribution in [3.05, 3.63) is 47.5 Å². The van der Waals surface area contributed by atoms with Gasteiger partial charge in [-0.05, 0) is 56.4 Å². The predicted molar refractivity (Wildman–Crippen MR) is 295 cm³/mol. The minimum atomic E-state index is -0.0274. The second kappa shape index (κ2) is 48.7. The van der Waals surface area contributed by atoms with E-state index in [1.807, 2.05) is 36.4 Å². The molecule has 0 aliphatic heterocycles. The van der Waals surface area contributed by atoms with Crippen molar-refractivity contribution in [3.63, 3.8) is 0 Å². The van der Waals surface area contributed by atoms with Crippen molar-refractivity contribution in [1.29, 1.82) is 0 Å². The van der Waals surface area contributed by atoms with E-state index in [1.165, 1.54) is 218 Å². The van der Waals surface area contributed by atoms with Crippen LogP contribution < -0.4 is 18.9 Å². The Morgan fingerprint density at radius 1 is 0.371 bits per heavy atom. The summed E-state index contributed by atoms with van der Waals surface area (Å²) in [6.45, 7) is 6.19. The molecule has 0 amide bonds. The van der Waals surface area contributed by atoms with Crippen LogP contribution in [0.2, 0.25) is 0 Å².